The number of hydrogen-bond acceptors (Lipinski definition) is 0. The van der Waals surface area contributed by atoms with Gasteiger partial charge in [0.1, 0.15) is 0 Å². The van der Waals surface area contributed by atoms with Crippen LogP contribution in [0.5, 0.6) is 0 Å². The molecule has 0 aliphatic heterocycles. The van der Waals surface area contributed by atoms with Crippen LogP contribution in [0.4, 0.5) is 0 Å². The molecule has 4 rings (SSSR count). The van der Waals surface area contributed by atoms with Crippen molar-refractivity contribution in [2.45, 2.75) is 86.4 Å². The molecule has 0 nitrogen and oxygen atoms in total. The predicted octanol–water partition coefficient (Wildman–Crippen LogP) is 12.2. The van der Waals surface area contributed by atoms with Crippen molar-refractivity contribution >= 4 is 42.3 Å². The molecule has 0 aliphatic carbocycles. The van der Waals surface area contributed by atoms with Gasteiger partial charge in [-0.3, -0.25) is 0 Å². The SMILES string of the molecule is CCc1ccc(C(=C[C](=C=C[C](c2ccc(CC)cc2)(c2ccc(CC)cc2)[Sn]([CH3])([CH3])[CH3])[Sn]([CH3])([CH3])[CH3])c2ccc(CC)cc2)cc1. The Labute approximate surface area is 289 Å². The normalized spacial score (nSPS) is 12.0. The van der Waals surface area contributed by atoms with Crippen LogP contribution in [0.15, 0.2) is 119 Å². The molecule has 4 aromatic carbocycles. The molecule has 0 spiro atoms. The molecule has 0 aliphatic rings. The van der Waals surface area contributed by atoms with Crippen molar-refractivity contribution in [3.05, 3.63) is 163 Å². The average molecular weight is 822 g/mol. The quantitative estimate of drug-likeness (QED) is 0.0759. The van der Waals surface area contributed by atoms with Gasteiger partial charge in [-0.15, -0.1) is 0 Å². The third-order valence-corrected chi connectivity index (χ3v) is 24.0. The van der Waals surface area contributed by atoms with E-state index in [0.29, 0.717) is 0 Å². The summed E-state index contributed by atoms with van der Waals surface area (Å²) in [6, 6.07) is 37.5. The standard InChI is InChI=1S/C38H38.6CH3.2Sn/c1-5-29-13-21-33(22-14-29)37(34-23-15-30(6-2)16-24-34)11-9-10-12-38(35-25-17-31(7-3)18-26-35)36-27-19-32(8-4)20-28-36;;;;;;;;/h11-28H,5-8H2,1-4H3;6*1H3;;. The van der Waals surface area contributed by atoms with E-state index in [-0.39, 0.29) is 3.43 Å². The van der Waals surface area contributed by atoms with Crippen molar-refractivity contribution in [2.75, 3.05) is 0 Å². The van der Waals surface area contributed by atoms with Crippen LogP contribution < -0.4 is 0 Å². The Hall–Kier alpha value is -2.26. The van der Waals surface area contributed by atoms with E-state index in [9.17, 15) is 0 Å². The first-order valence-corrected chi connectivity index (χ1v) is 37.4. The van der Waals surface area contributed by atoms with E-state index in [1.54, 1.807) is 0 Å². The summed E-state index contributed by atoms with van der Waals surface area (Å²) in [6.45, 7) is 8.95. The van der Waals surface area contributed by atoms with E-state index in [1.165, 1.54) is 53.7 Å². The first kappa shape index (κ1) is 36.6. The Morgan fingerprint density at radius 2 is 0.848 bits per heavy atom. The Balaban J connectivity index is 2.06. The van der Waals surface area contributed by atoms with Gasteiger partial charge in [-0.05, 0) is 0 Å². The van der Waals surface area contributed by atoms with Crippen LogP contribution in [-0.4, -0.2) is 36.8 Å². The van der Waals surface area contributed by atoms with Gasteiger partial charge in [-0.1, -0.05) is 0 Å². The molecule has 0 bridgehead atoms. The predicted molar refractivity (Wildman–Crippen MR) is 209 cm³/mol. The molecule has 0 fully saturated rings. The summed E-state index contributed by atoms with van der Waals surface area (Å²) in [4.78, 5) is 15.4. The monoisotopic (exact) mass is 824 g/mol. The molecule has 0 N–H and O–H groups in total. The maximum absolute atomic E-state index is 4.14. The topological polar surface area (TPSA) is 0 Å². The number of aryl methyl sites for hydroxylation is 4. The molecule has 4 aromatic rings. The van der Waals surface area contributed by atoms with E-state index >= 15 is 0 Å². The maximum atomic E-state index is 4.14. The molecule has 0 saturated heterocycles. The van der Waals surface area contributed by atoms with Crippen molar-refractivity contribution in [2.24, 2.45) is 0 Å². The summed E-state index contributed by atoms with van der Waals surface area (Å²) >= 11 is -5.55. The summed E-state index contributed by atoms with van der Waals surface area (Å²) in [5, 5.41) is 0. The van der Waals surface area contributed by atoms with Gasteiger partial charge in [0, 0.05) is 0 Å². The van der Waals surface area contributed by atoms with Gasteiger partial charge < -0.3 is 0 Å². The second-order valence-electron chi connectivity index (χ2n) is 14.8. The van der Waals surface area contributed by atoms with Crippen molar-refractivity contribution in [3.63, 3.8) is 0 Å². The van der Waals surface area contributed by atoms with E-state index < -0.39 is 36.8 Å². The van der Waals surface area contributed by atoms with Gasteiger partial charge in [0.05, 0.1) is 0 Å². The van der Waals surface area contributed by atoms with Gasteiger partial charge in [0.15, 0.2) is 0 Å². The zero-order chi connectivity index (χ0) is 33.5. The number of rotatable bonds is 12. The van der Waals surface area contributed by atoms with Crippen molar-refractivity contribution < 1.29 is 0 Å². The second kappa shape index (κ2) is 15.8. The average Bonchev–Trinajstić information content (AvgIpc) is 3.06. The van der Waals surface area contributed by atoms with Crippen LogP contribution in [0.25, 0.3) is 5.57 Å². The fourth-order valence-corrected chi connectivity index (χ4v) is 16.8. The van der Waals surface area contributed by atoms with E-state index in [2.05, 4.69) is 172 Å². The van der Waals surface area contributed by atoms with Gasteiger partial charge in [-0.25, -0.2) is 0 Å². The van der Waals surface area contributed by atoms with Crippen LogP contribution in [-0.2, 0) is 29.1 Å². The Bertz CT molecular complexity index is 1570. The minimum atomic E-state index is -2.85. The van der Waals surface area contributed by atoms with Gasteiger partial charge in [0.25, 0.3) is 0 Å². The first-order valence-electron chi connectivity index (χ1n) is 17.4. The van der Waals surface area contributed by atoms with Gasteiger partial charge in [-0.2, -0.15) is 0 Å². The molecular formula is C44H56Sn2. The molecule has 0 saturated carbocycles. The molecule has 0 amide bonds. The Morgan fingerprint density at radius 1 is 0.522 bits per heavy atom. The fourth-order valence-electron chi connectivity index (χ4n) is 6.40. The second-order valence-corrected chi connectivity index (χ2v) is 44.2. The van der Waals surface area contributed by atoms with Crippen molar-refractivity contribution in [1.82, 2.24) is 0 Å². The summed E-state index contributed by atoms with van der Waals surface area (Å²) in [7, 11) is 0. The molecular weight excluding hydrogens is 766 g/mol. The number of hydrogen-bond donors (Lipinski definition) is 0. The molecule has 2 heteroatoms. The van der Waals surface area contributed by atoms with E-state index in [1.807, 2.05) is 0 Å². The first-order chi connectivity index (χ1) is 21.9. The molecule has 0 unspecified atom stereocenters. The Morgan fingerprint density at radius 3 is 1.13 bits per heavy atom. The summed E-state index contributed by atoms with van der Waals surface area (Å²) < 4.78 is 1.29. The minimum absolute atomic E-state index is 0.144. The van der Waals surface area contributed by atoms with Gasteiger partial charge in [0.2, 0.25) is 0 Å². The molecule has 46 heavy (non-hydrogen) atoms. The molecule has 240 valence electrons. The number of benzene rings is 4. The summed E-state index contributed by atoms with van der Waals surface area (Å²) in [5.41, 5.74) is 16.4. The molecule has 0 aromatic heterocycles. The van der Waals surface area contributed by atoms with Crippen LogP contribution in [0, 0.1) is 0 Å². The van der Waals surface area contributed by atoms with Crippen LogP contribution in [0.2, 0.25) is 29.6 Å². The van der Waals surface area contributed by atoms with Crippen LogP contribution in [0.1, 0.15) is 72.2 Å². The van der Waals surface area contributed by atoms with Crippen LogP contribution in [0.3, 0.4) is 0 Å². The zero-order valence-corrected chi connectivity index (χ0v) is 35.9. The summed E-state index contributed by atoms with van der Waals surface area (Å²) in [5.74, 6) is 0. The van der Waals surface area contributed by atoms with Crippen molar-refractivity contribution in [3.8, 4) is 0 Å². The molecule has 0 atom stereocenters. The van der Waals surface area contributed by atoms with Crippen LogP contribution >= 0.6 is 0 Å². The Kier molecular flexibility index (Phi) is 12.5. The molecule has 0 radical (unpaired) electrons. The number of allylic oxidation sites excluding steroid dienone is 2. The third-order valence-electron chi connectivity index (χ3n) is 9.71. The van der Waals surface area contributed by atoms with E-state index in [4.69, 9.17) is 0 Å². The summed E-state index contributed by atoms with van der Waals surface area (Å²) in [6.07, 6.45) is 9.27. The molecule has 0 heterocycles. The third kappa shape index (κ3) is 8.41. The van der Waals surface area contributed by atoms with Crippen molar-refractivity contribution in [1.29, 1.82) is 0 Å². The fraction of sp³-hybridized carbons (Fsp3) is 0.341. The zero-order valence-electron chi connectivity index (χ0n) is 30.2. The van der Waals surface area contributed by atoms with Gasteiger partial charge >= 0.3 is 292 Å². The van der Waals surface area contributed by atoms with E-state index in [0.717, 1.165) is 25.7 Å².